The van der Waals surface area contributed by atoms with Gasteiger partial charge in [0.2, 0.25) is 0 Å². The molecule has 3 heteroatoms. The molecule has 0 radical (unpaired) electrons. The van der Waals surface area contributed by atoms with Crippen LogP contribution in [0.2, 0.25) is 0 Å². The lowest BCUT2D eigenvalue weighted by molar-refractivity contribution is 0.0310. The maximum atomic E-state index is 11.4. The topological polar surface area (TPSA) is 38.3 Å². The van der Waals surface area contributed by atoms with Crippen molar-refractivity contribution in [2.24, 2.45) is 0 Å². The molecule has 1 aromatic rings. The molecule has 15 heavy (non-hydrogen) atoms. The van der Waals surface area contributed by atoms with Gasteiger partial charge in [0.05, 0.1) is 5.56 Å². The average molecular weight is 207 g/mol. The van der Waals surface area contributed by atoms with Crippen molar-refractivity contribution in [1.29, 1.82) is 0 Å². The molecule has 1 aromatic carbocycles. The van der Waals surface area contributed by atoms with Crippen molar-refractivity contribution in [3.63, 3.8) is 0 Å². The molecule has 0 bridgehead atoms. The first kappa shape index (κ1) is 11.7. The first-order valence-corrected chi connectivity index (χ1v) is 4.93. The lowest BCUT2D eigenvalue weighted by Crippen LogP contribution is -2.17. The number of benzene rings is 1. The van der Waals surface area contributed by atoms with Crippen LogP contribution in [0.5, 0.6) is 0 Å². The normalized spacial score (nSPS) is 11.2. The Hall–Kier alpha value is -1.35. The third-order valence-corrected chi connectivity index (χ3v) is 2.16. The van der Waals surface area contributed by atoms with Crippen molar-refractivity contribution in [2.75, 3.05) is 7.05 Å². The summed E-state index contributed by atoms with van der Waals surface area (Å²) in [4.78, 5) is 16.1. The number of hydroxylamine groups is 1. The summed E-state index contributed by atoms with van der Waals surface area (Å²) in [7, 11) is 1.56. The molecule has 0 fully saturated rings. The summed E-state index contributed by atoms with van der Waals surface area (Å²) in [5.41, 5.74) is 4.10. The quantitative estimate of drug-likeness (QED) is 0.756. The van der Waals surface area contributed by atoms with Gasteiger partial charge in [-0.2, -0.15) is 5.48 Å². The van der Waals surface area contributed by atoms with Crippen LogP contribution < -0.4 is 5.48 Å². The first-order valence-electron chi connectivity index (χ1n) is 4.93. The van der Waals surface area contributed by atoms with E-state index in [2.05, 4.69) is 26.3 Å². The van der Waals surface area contributed by atoms with Crippen LogP contribution in [-0.4, -0.2) is 13.0 Å². The Bertz CT molecular complexity index is 353. The Morgan fingerprint density at radius 3 is 2.53 bits per heavy atom. The number of carbonyl (C=O) groups excluding carboxylic acids is 1. The van der Waals surface area contributed by atoms with Crippen molar-refractivity contribution >= 4 is 5.97 Å². The monoisotopic (exact) mass is 207 g/mol. The summed E-state index contributed by atoms with van der Waals surface area (Å²) in [5.74, 6) is -0.358. The van der Waals surface area contributed by atoms with Crippen molar-refractivity contribution in [1.82, 2.24) is 5.48 Å². The van der Waals surface area contributed by atoms with E-state index < -0.39 is 0 Å². The maximum Gasteiger partial charge on any atom is 0.356 e. The highest BCUT2D eigenvalue weighted by atomic mass is 16.7. The van der Waals surface area contributed by atoms with Gasteiger partial charge in [0, 0.05) is 7.05 Å². The number of rotatable bonds is 2. The number of hydrogen-bond donors (Lipinski definition) is 1. The van der Waals surface area contributed by atoms with Crippen molar-refractivity contribution < 1.29 is 9.63 Å². The third kappa shape index (κ3) is 3.06. The maximum absolute atomic E-state index is 11.4. The Balaban J connectivity index is 2.98. The summed E-state index contributed by atoms with van der Waals surface area (Å²) < 4.78 is 0. The van der Waals surface area contributed by atoms with E-state index >= 15 is 0 Å². The SMILES string of the molecule is CNOC(=O)c1cccc(C(C)(C)C)c1. The predicted molar refractivity (Wildman–Crippen MR) is 59.6 cm³/mol. The third-order valence-electron chi connectivity index (χ3n) is 2.16. The molecule has 0 saturated carbocycles. The van der Waals surface area contributed by atoms with Crippen LogP contribution in [0.4, 0.5) is 0 Å². The molecule has 0 heterocycles. The van der Waals surface area contributed by atoms with Crippen LogP contribution in [0.3, 0.4) is 0 Å². The molecule has 82 valence electrons. The molecule has 0 unspecified atom stereocenters. The molecule has 0 saturated heterocycles. The van der Waals surface area contributed by atoms with Gasteiger partial charge in [-0.1, -0.05) is 32.9 Å². The molecule has 0 aliphatic carbocycles. The van der Waals surface area contributed by atoms with Crippen molar-refractivity contribution in [2.45, 2.75) is 26.2 Å². The summed E-state index contributed by atoms with van der Waals surface area (Å²) >= 11 is 0. The molecule has 3 nitrogen and oxygen atoms in total. The van der Waals surface area contributed by atoms with Gasteiger partial charge < -0.3 is 4.84 Å². The predicted octanol–water partition coefficient (Wildman–Crippen LogP) is 2.28. The zero-order valence-corrected chi connectivity index (χ0v) is 9.63. The lowest BCUT2D eigenvalue weighted by Gasteiger charge is -2.19. The fourth-order valence-electron chi connectivity index (χ4n) is 1.26. The van der Waals surface area contributed by atoms with E-state index in [0.29, 0.717) is 5.56 Å². The number of nitrogens with one attached hydrogen (secondary N) is 1. The van der Waals surface area contributed by atoms with E-state index in [1.54, 1.807) is 13.1 Å². The zero-order valence-electron chi connectivity index (χ0n) is 9.63. The minimum absolute atomic E-state index is 0.0376. The minimum Gasteiger partial charge on any atom is -0.367 e. The highest BCUT2D eigenvalue weighted by molar-refractivity contribution is 5.89. The van der Waals surface area contributed by atoms with Crippen LogP contribution in [-0.2, 0) is 10.3 Å². The molecule has 0 amide bonds. The second-order valence-corrected chi connectivity index (χ2v) is 4.42. The summed E-state index contributed by atoms with van der Waals surface area (Å²) in [6, 6.07) is 7.48. The second kappa shape index (κ2) is 4.45. The summed E-state index contributed by atoms with van der Waals surface area (Å²) in [6.45, 7) is 6.32. The summed E-state index contributed by atoms with van der Waals surface area (Å²) in [6.07, 6.45) is 0. The Morgan fingerprint density at radius 2 is 2.00 bits per heavy atom. The van der Waals surface area contributed by atoms with Gasteiger partial charge >= 0.3 is 5.97 Å². The molecule has 0 atom stereocenters. The van der Waals surface area contributed by atoms with Crippen molar-refractivity contribution in [3.05, 3.63) is 35.4 Å². The molecule has 1 rings (SSSR count). The summed E-state index contributed by atoms with van der Waals surface area (Å²) in [5, 5.41) is 0. The van der Waals surface area contributed by atoms with Crippen molar-refractivity contribution in [3.8, 4) is 0 Å². The Morgan fingerprint density at radius 1 is 1.33 bits per heavy atom. The van der Waals surface area contributed by atoms with Gasteiger partial charge in [0.15, 0.2) is 0 Å². The molecular formula is C12H17NO2. The van der Waals surface area contributed by atoms with Gasteiger partial charge in [0.25, 0.3) is 0 Å². The molecule has 0 spiro atoms. The molecule has 0 aliphatic heterocycles. The molecule has 0 aromatic heterocycles. The Kier molecular flexibility index (Phi) is 3.48. The minimum atomic E-state index is -0.358. The van der Waals surface area contributed by atoms with Crippen LogP contribution in [0, 0.1) is 0 Å². The van der Waals surface area contributed by atoms with Crippen LogP contribution in [0.25, 0.3) is 0 Å². The van der Waals surface area contributed by atoms with Gasteiger partial charge in [-0.3, -0.25) is 0 Å². The van der Waals surface area contributed by atoms with E-state index in [0.717, 1.165) is 5.56 Å². The van der Waals surface area contributed by atoms with E-state index in [1.807, 2.05) is 18.2 Å². The van der Waals surface area contributed by atoms with Crippen LogP contribution >= 0.6 is 0 Å². The number of carbonyl (C=O) groups is 1. The fourth-order valence-corrected chi connectivity index (χ4v) is 1.26. The largest absolute Gasteiger partial charge is 0.367 e. The number of hydrogen-bond acceptors (Lipinski definition) is 3. The van der Waals surface area contributed by atoms with Gasteiger partial charge in [0.1, 0.15) is 0 Å². The Labute approximate surface area is 90.4 Å². The molecular weight excluding hydrogens is 190 g/mol. The smallest absolute Gasteiger partial charge is 0.356 e. The zero-order chi connectivity index (χ0) is 11.5. The van der Waals surface area contributed by atoms with Crippen LogP contribution in [0.15, 0.2) is 24.3 Å². The highest BCUT2D eigenvalue weighted by Crippen LogP contribution is 2.22. The van der Waals surface area contributed by atoms with E-state index in [-0.39, 0.29) is 11.4 Å². The average Bonchev–Trinajstić information content (AvgIpc) is 2.17. The van der Waals surface area contributed by atoms with Gasteiger partial charge in [-0.05, 0) is 23.1 Å². The highest BCUT2D eigenvalue weighted by Gasteiger charge is 2.15. The molecule has 1 N–H and O–H groups in total. The van der Waals surface area contributed by atoms with E-state index in [4.69, 9.17) is 4.84 Å². The van der Waals surface area contributed by atoms with Gasteiger partial charge in [-0.15, -0.1) is 0 Å². The van der Waals surface area contributed by atoms with Crippen LogP contribution in [0.1, 0.15) is 36.7 Å². The standard InChI is InChI=1S/C12H17NO2/c1-12(2,3)10-7-5-6-9(8-10)11(14)15-13-4/h5-8,13H,1-4H3. The molecule has 0 aliphatic rings. The fraction of sp³-hybridized carbons (Fsp3) is 0.417. The second-order valence-electron chi connectivity index (χ2n) is 4.42. The van der Waals surface area contributed by atoms with E-state index in [1.165, 1.54) is 0 Å². The lowest BCUT2D eigenvalue weighted by atomic mass is 9.86. The van der Waals surface area contributed by atoms with Gasteiger partial charge in [-0.25, -0.2) is 4.79 Å². The van der Waals surface area contributed by atoms with E-state index in [9.17, 15) is 4.79 Å². The first-order chi connectivity index (χ1) is 6.95.